The van der Waals surface area contributed by atoms with Crippen molar-refractivity contribution >= 4 is 5.82 Å². The molecule has 12 heavy (non-hydrogen) atoms. The molecule has 4 heteroatoms. The van der Waals surface area contributed by atoms with Crippen molar-refractivity contribution in [3.8, 4) is 0 Å². The number of aromatic nitrogens is 2. The molecule has 0 aliphatic carbocycles. The van der Waals surface area contributed by atoms with Crippen molar-refractivity contribution in [3.63, 3.8) is 0 Å². The Morgan fingerprint density at radius 3 is 3.08 bits per heavy atom. The molecular weight excluding hydrogens is 154 g/mol. The van der Waals surface area contributed by atoms with E-state index in [2.05, 4.69) is 5.10 Å². The molecule has 1 fully saturated rings. The molecule has 2 heterocycles. The summed E-state index contributed by atoms with van der Waals surface area (Å²) in [5.74, 6) is 0.682. The highest BCUT2D eigenvalue weighted by Crippen LogP contribution is 2.23. The standard InChI is InChI=1S/C8H13N3O/c9-7-4-5-10-11(7)8-3-1-2-6-12-8/h4-5,8H,1-3,6,9H2. The van der Waals surface area contributed by atoms with Gasteiger partial charge in [-0.3, -0.25) is 0 Å². The Morgan fingerprint density at radius 1 is 1.58 bits per heavy atom. The summed E-state index contributed by atoms with van der Waals surface area (Å²) in [4.78, 5) is 0. The molecule has 0 bridgehead atoms. The number of hydrogen-bond acceptors (Lipinski definition) is 3. The highest BCUT2D eigenvalue weighted by atomic mass is 16.5. The lowest BCUT2D eigenvalue weighted by Gasteiger charge is -2.23. The minimum absolute atomic E-state index is 0.0637. The van der Waals surface area contributed by atoms with Gasteiger partial charge in [0, 0.05) is 12.7 Å². The van der Waals surface area contributed by atoms with Crippen molar-refractivity contribution < 1.29 is 4.74 Å². The number of anilines is 1. The summed E-state index contributed by atoms with van der Waals surface area (Å²) in [6.45, 7) is 0.823. The van der Waals surface area contributed by atoms with Gasteiger partial charge in [-0.05, 0) is 19.3 Å². The van der Waals surface area contributed by atoms with Gasteiger partial charge in [-0.2, -0.15) is 5.10 Å². The molecule has 1 unspecified atom stereocenters. The predicted molar refractivity (Wildman–Crippen MR) is 45.5 cm³/mol. The number of rotatable bonds is 1. The maximum absolute atomic E-state index is 5.69. The molecule has 0 saturated carbocycles. The minimum atomic E-state index is 0.0637. The summed E-state index contributed by atoms with van der Waals surface area (Å²) in [5, 5.41) is 4.11. The molecule has 1 aromatic heterocycles. The topological polar surface area (TPSA) is 53.1 Å². The third kappa shape index (κ3) is 1.30. The highest BCUT2D eigenvalue weighted by molar-refractivity contribution is 5.26. The van der Waals surface area contributed by atoms with Gasteiger partial charge in [0.25, 0.3) is 0 Å². The van der Waals surface area contributed by atoms with Crippen molar-refractivity contribution in [2.75, 3.05) is 12.3 Å². The molecule has 1 aliphatic rings. The second kappa shape index (κ2) is 3.15. The molecule has 1 atom stereocenters. The summed E-state index contributed by atoms with van der Waals surface area (Å²) >= 11 is 0. The zero-order chi connectivity index (χ0) is 8.39. The van der Waals surface area contributed by atoms with Crippen LogP contribution in [-0.2, 0) is 4.74 Å². The van der Waals surface area contributed by atoms with Crippen LogP contribution in [0.4, 0.5) is 5.82 Å². The Hall–Kier alpha value is -1.03. The predicted octanol–water partition coefficient (Wildman–Crippen LogP) is 1.16. The van der Waals surface area contributed by atoms with E-state index in [0.717, 1.165) is 19.4 Å². The van der Waals surface area contributed by atoms with E-state index in [9.17, 15) is 0 Å². The SMILES string of the molecule is Nc1ccnn1C1CCCCO1. The maximum atomic E-state index is 5.69. The minimum Gasteiger partial charge on any atom is -0.384 e. The lowest BCUT2D eigenvalue weighted by atomic mass is 10.2. The maximum Gasteiger partial charge on any atom is 0.152 e. The number of nitrogen functional groups attached to an aromatic ring is 1. The van der Waals surface area contributed by atoms with Crippen molar-refractivity contribution in [3.05, 3.63) is 12.3 Å². The first kappa shape index (κ1) is 7.61. The first-order chi connectivity index (χ1) is 5.88. The Bertz CT molecular complexity index is 253. The van der Waals surface area contributed by atoms with Gasteiger partial charge in [0.1, 0.15) is 5.82 Å². The van der Waals surface area contributed by atoms with Gasteiger partial charge < -0.3 is 10.5 Å². The van der Waals surface area contributed by atoms with E-state index in [4.69, 9.17) is 10.5 Å². The Balaban J connectivity index is 2.13. The van der Waals surface area contributed by atoms with E-state index >= 15 is 0 Å². The van der Waals surface area contributed by atoms with E-state index < -0.39 is 0 Å². The summed E-state index contributed by atoms with van der Waals surface area (Å²) in [7, 11) is 0. The molecule has 0 aromatic carbocycles. The third-order valence-electron chi connectivity index (χ3n) is 2.13. The molecule has 4 nitrogen and oxygen atoms in total. The third-order valence-corrected chi connectivity index (χ3v) is 2.13. The van der Waals surface area contributed by atoms with Gasteiger partial charge in [0.2, 0.25) is 0 Å². The van der Waals surface area contributed by atoms with Gasteiger partial charge in [-0.1, -0.05) is 0 Å². The van der Waals surface area contributed by atoms with Gasteiger partial charge in [-0.25, -0.2) is 4.68 Å². The van der Waals surface area contributed by atoms with Crippen LogP contribution in [0.15, 0.2) is 12.3 Å². The molecule has 1 aliphatic heterocycles. The van der Waals surface area contributed by atoms with Gasteiger partial charge in [0.15, 0.2) is 6.23 Å². The molecule has 0 spiro atoms. The first-order valence-electron chi connectivity index (χ1n) is 4.28. The van der Waals surface area contributed by atoms with Crippen molar-refractivity contribution in [2.24, 2.45) is 0 Å². The summed E-state index contributed by atoms with van der Waals surface area (Å²) < 4.78 is 7.27. The van der Waals surface area contributed by atoms with E-state index in [1.165, 1.54) is 6.42 Å². The molecule has 66 valence electrons. The second-order valence-corrected chi connectivity index (χ2v) is 3.02. The first-order valence-corrected chi connectivity index (χ1v) is 4.28. The van der Waals surface area contributed by atoms with E-state index in [1.54, 1.807) is 16.9 Å². The van der Waals surface area contributed by atoms with Gasteiger partial charge in [0.05, 0.1) is 6.20 Å². The fourth-order valence-electron chi connectivity index (χ4n) is 1.48. The largest absolute Gasteiger partial charge is 0.384 e. The zero-order valence-corrected chi connectivity index (χ0v) is 6.94. The average Bonchev–Trinajstić information content (AvgIpc) is 2.53. The zero-order valence-electron chi connectivity index (χ0n) is 6.94. The van der Waals surface area contributed by atoms with E-state index in [0.29, 0.717) is 5.82 Å². The molecular formula is C8H13N3O. The Morgan fingerprint density at radius 2 is 2.50 bits per heavy atom. The van der Waals surface area contributed by atoms with Crippen molar-refractivity contribution in [2.45, 2.75) is 25.5 Å². The van der Waals surface area contributed by atoms with E-state index in [-0.39, 0.29) is 6.23 Å². The Kier molecular flexibility index (Phi) is 1.99. The molecule has 2 rings (SSSR count). The van der Waals surface area contributed by atoms with Crippen LogP contribution >= 0.6 is 0 Å². The Labute approximate surface area is 71.3 Å². The van der Waals surface area contributed by atoms with Crippen molar-refractivity contribution in [1.29, 1.82) is 0 Å². The fraction of sp³-hybridized carbons (Fsp3) is 0.625. The van der Waals surface area contributed by atoms with Crippen LogP contribution in [0.3, 0.4) is 0 Å². The van der Waals surface area contributed by atoms with Crippen LogP contribution < -0.4 is 5.73 Å². The second-order valence-electron chi connectivity index (χ2n) is 3.02. The van der Waals surface area contributed by atoms with Gasteiger partial charge in [-0.15, -0.1) is 0 Å². The van der Waals surface area contributed by atoms with Crippen molar-refractivity contribution in [1.82, 2.24) is 9.78 Å². The highest BCUT2D eigenvalue weighted by Gasteiger charge is 2.17. The summed E-state index contributed by atoms with van der Waals surface area (Å²) in [6.07, 6.45) is 5.13. The lowest BCUT2D eigenvalue weighted by molar-refractivity contribution is -0.0380. The van der Waals surface area contributed by atoms with Crippen LogP contribution in [0.2, 0.25) is 0 Å². The van der Waals surface area contributed by atoms with Crippen LogP contribution in [0.5, 0.6) is 0 Å². The molecule has 2 N–H and O–H groups in total. The number of nitrogens with zero attached hydrogens (tertiary/aromatic N) is 2. The van der Waals surface area contributed by atoms with E-state index in [1.807, 2.05) is 0 Å². The number of hydrogen-bond donors (Lipinski definition) is 1. The quantitative estimate of drug-likeness (QED) is 0.683. The fourth-order valence-corrected chi connectivity index (χ4v) is 1.48. The average molecular weight is 167 g/mol. The normalized spacial score (nSPS) is 24.2. The van der Waals surface area contributed by atoms with Crippen LogP contribution in [0.25, 0.3) is 0 Å². The smallest absolute Gasteiger partial charge is 0.152 e. The summed E-state index contributed by atoms with van der Waals surface area (Å²) in [6, 6.07) is 1.79. The molecule has 1 saturated heterocycles. The van der Waals surface area contributed by atoms with Crippen LogP contribution in [0.1, 0.15) is 25.5 Å². The monoisotopic (exact) mass is 167 g/mol. The number of nitrogens with two attached hydrogens (primary N) is 1. The lowest BCUT2D eigenvalue weighted by Crippen LogP contribution is -2.20. The number of ether oxygens (including phenoxy) is 1. The summed E-state index contributed by atoms with van der Waals surface area (Å²) in [5.41, 5.74) is 5.69. The molecule has 1 aromatic rings. The van der Waals surface area contributed by atoms with Gasteiger partial charge >= 0.3 is 0 Å². The molecule has 0 amide bonds. The van der Waals surface area contributed by atoms with Crippen LogP contribution in [-0.4, -0.2) is 16.4 Å². The molecule has 0 radical (unpaired) electrons. The van der Waals surface area contributed by atoms with Crippen LogP contribution in [0, 0.1) is 0 Å².